The molecule has 1 aromatic heterocycles. The predicted octanol–water partition coefficient (Wildman–Crippen LogP) is 2.84. The minimum atomic E-state index is -0.0598. The number of guanidine groups is 1. The summed E-state index contributed by atoms with van der Waals surface area (Å²) in [6.07, 6.45) is 0. The van der Waals surface area contributed by atoms with E-state index in [0.717, 1.165) is 19.0 Å². The van der Waals surface area contributed by atoms with E-state index in [1.165, 1.54) is 5.56 Å². The molecule has 0 saturated heterocycles. The lowest BCUT2D eigenvalue weighted by atomic mass is 10.1. The molecule has 3 N–H and O–H groups in total. The summed E-state index contributed by atoms with van der Waals surface area (Å²) in [5.74, 6) is 1.11. The number of hydrogen-bond acceptors (Lipinski definition) is 3. The van der Waals surface area contributed by atoms with Crippen LogP contribution in [0.4, 0.5) is 0 Å². The summed E-state index contributed by atoms with van der Waals surface area (Å²) in [5, 5.41) is 13.6. The Labute approximate surface area is 153 Å². The van der Waals surface area contributed by atoms with Crippen LogP contribution in [0, 0.1) is 0 Å². The van der Waals surface area contributed by atoms with Gasteiger partial charge in [-0.05, 0) is 41.4 Å². The van der Waals surface area contributed by atoms with Crippen LogP contribution < -0.4 is 16.0 Å². The molecule has 1 amide bonds. The zero-order chi connectivity index (χ0) is 17.9. The van der Waals surface area contributed by atoms with Crippen molar-refractivity contribution >= 4 is 23.2 Å². The average Bonchev–Trinajstić information content (AvgIpc) is 3.18. The second kappa shape index (κ2) is 10.5. The van der Waals surface area contributed by atoms with Crippen molar-refractivity contribution in [3.05, 3.63) is 58.3 Å². The van der Waals surface area contributed by atoms with Gasteiger partial charge >= 0.3 is 0 Å². The van der Waals surface area contributed by atoms with Crippen molar-refractivity contribution in [1.82, 2.24) is 16.0 Å². The highest BCUT2D eigenvalue weighted by Gasteiger charge is 2.06. The SMILES string of the molecule is CCNC(=NCC(C)c1ccsc1)NCCNC(=O)c1ccccc1. The molecule has 5 nitrogen and oxygen atoms in total. The van der Waals surface area contributed by atoms with Crippen LogP contribution in [0.15, 0.2) is 52.2 Å². The van der Waals surface area contributed by atoms with Crippen LogP contribution >= 0.6 is 11.3 Å². The molecular formula is C19H26N4OS. The van der Waals surface area contributed by atoms with Crippen LogP contribution in [0.1, 0.15) is 35.7 Å². The number of nitrogens with zero attached hydrogens (tertiary/aromatic N) is 1. The van der Waals surface area contributed by atoms with Crippen molar-refractivity contribution < 1.29 is 4.79 Å². The Kier molecular flexibility index (Phi) is 7.98. The molecule has 1 aromatic carbocycles. The summed E-state index contributed by atoms with van der Waals surface area (Å²) in [6, 6.07) is 11.4. The summed E-state index contributed by atoms with van der Waals surface area (Å²) in [5.41, 5.74) is 1.99. The summed E-state index contributed by atoms with van der Waals surface area (Å²) in [4.78, 5) is 16.6. The molecule has 0 aliphatic rings. The number of aliphatic imine (C=N–C) groups is 1. The number of carbonyl (C=O) groups is 1. The van der Waals surface area contributed by atoms with Gasteiger partial charge in [0.15, 0.2) is 5.96 Å². The monoisotopic (exact) mass is 358 g/mol. The van der Waals surface area contributed by atoms with Gasteiger partial charge in [0.2, 0.25) is 0 Å². The number of rotatable bonds is 8. The van der Waals surface area contributed by atoms with Gasteiger partial charge in [0, 0.05) is 37.7 Å². The number of thiophene rings is 1. The van der Waals surface area contributed by atoms with Gasteiger partial charge in [0.1, 0.15) is 0 Å². The predicted molar refractivity (Wildman–Crippen MR) is 105 cm³/mol. The van der Waals surface area contributed by atoms with Gasteiger partial charge in [0.05, 0.1) is 0 Å². The first-order valence-corrected chi connectivity index (χ1v) is 9.52. The van der Waals surface area contributed by atoms with Crippen LogP contribution in [0.5, 0.6) is 0 Å². The first kappa shape index (κ1) is 19.0. The first-order valence-electron chi connectivity index (χ1n) is 8.58. The van der Waals surface area contributed by atoms with Gasteiger partial charge < -0.3 is 16.0 Å². The first-order chi connectivity index (χ1) is 12.2. The Morgan fingerprint density at radius 3 is 2.56 bits per heavy atom. The summed E-state index contributed by atoms with van der Waals surface area (Å²) in [6.45, 7) is 6.90. The highest BCUT2D eigenvalue weighted by Crippen LogP contribution is 2.18. The molecule has 0 aliphatic carbocycles. The number of benzene rings is 1. The number of hydrogen-bond donors (Lipinski definition) is 3. The largest absolute Gasteiger partial charge is 0.357 e. The van der Waals surface area contributed by atoms with E-state index in [4.69, 9.17) is 0 Å². The lowest BCUT2D eigenvalue weighted by molar-refractivity contribution is 0.0954. The Hall–Kier alpha value is -2.34. The molecule has 1 unspecified atom stereocenters. The third-order valence-electron chi connectivity index (χ3n) is 3.72. The summed E-state index contributed by atoms with van der Waals surface area (Å²) < 4.78 is 0. The van der Waals surface area contributed by atoms with Gasteiger partial charge in [-0.15, -0.1) is 0 Å². The fourth-order valence-corrected chi connectivity index (χ4v) is 3.06. The van der Waals surface area contributed by atoms with E-state index in [1.54, 1.807) is 23.5 Å². The highest BCUT2D eigenvalue weighted by atomic mass is 32.1. The van der Waals surface area contributed by atoms with Gasteiger partial charge in [0.25, 0.3) is 5.91 Å². The van der Waals surface area contributed by atoms with Gasteiger partial charge in [-0.1, -0.05) is 25.1 Å². The van der Waals surface area contributed by atoms with E-state index < -0.39 is 0 Å². The molecule has 6 heteroatoms. The molecule has 0 spiro atoms. The van der Waals surface area contributed by atoms with Gasteiger partial charge in [-0.25, -0.2) is 0 Å². The maximum atomic E-state index is 12.0. The Balaban J connectivity index is 1.75. The molecule has 0 aliphatic heterocycles. The van der Waals surface area contributed by atoms with E-state index in [-0.39, 0.29) is 5.91 Å². The lowest BCUT2D eigenvalue weighted by Crippen LogP contribution is -2.41. The zero-order valence-electron chi connectivity index (χ0n) is 14.8. The van der Waals surface area contributed by atoms with Crippen molar-refractivity contribution in [2.45, 2.75) is 19.8 Å². The average molecular weight is 359 g/mol. The summed E-state index contributed by atoms with van der Waals surface area (Å²) in [7, 11) is 0. The molecule has 0 radical (unpaired) electrons. The Morgan fingerprint density at radius 2 is 1.88 bits per heavy atom. The number of carbonyl (C=O) groups excluding carboxylic acids is 1. The van der Waals surface area contributed by atoms with E-state index in [1.807, 2.05) is 25.1 Å². The molecular weight excluding hydrogens is 332 g/mol. The normalized spacial score (nSPS) is 12.5. The minimum absolute atomic E-state index is 0.0598. The molecule has 25 heavy (non-hydrogen) atoms. The lowest BCUT2D eigenvalue weighted by Gasteiger charge is -2.13. The maximum absolute atomic E-state index is 12.0. The molecule has 2 aromatic rings. The van der Waals surface area contributed by atoms with Crippen molar-refractivity contribution in [1.29, 1.82) is 0 Å². The molecule has 2 rings (SSSR count). The van der Waals surface area contributed by atoms with E-state index in [0.29, 0.717) is 24.6 Å². The van der Waals surface area contributed by atoms with Gasteiger partial charge in [-0.3, -0.25) is 9.79 Å². The quantitative estimate of drug-likeness (QED) is 0.386. The van der Waals surface area contributed by atoms with Crippen molar-refractivity contribution in [2.75, 3.05) is 26.2 Å². The fraction of sp³-hybridized carbons (Fsp3) is 0.368. The highest BCUT2D eigenvalue weighted by molar-refractivity contribution is 7.07. The van der Waals surface area contributed by atoms with Crippen LogP contribution in [0.2, 0.25) is 0 Å². The Bertz CT molecular complexity index is 655. The minimum Gasteiger partial charge on any atom is -0.357 e. The Morgan fingerprint density at radius 1 is 1.12 bits per heavy atom. The fourth-order valence-electron chi connectivity index (χ4n) is 2.28. The molecule has 1 heterocycles. The topological polar surface area (TPSA) is 65.5 Å². The number of amides is 1. The second-order valence-corrected chi connectivity index (χ2v) is 6.51. The second-order valence-electron chi connectivity index (χ2n) is 5.73. The smallest absolute Gasteiger partial charge is 0.251 e. The van der Waals surface area contributed by atoms with E-state index in [2.05, 4.69) is 44.7 Å². The standard InChI is InChI=1S/C19H26N4OS/c1-3-20-19(23-13-15(2)17-9-12-25-14-17)22-11-10-21-18(24)16-7-5-4-6-8-16/h4-9,12,14-15H,3,10-11,13H2,1-2H3,(H,21,24)(H2,20,22,23). The molecule has 0 fully saturated rings. The van der Waals surface area contributed by atoms with E-state index >= 15 is 0 Å². The van der Waals surface area contributed by atoms with Crippen molar-refractivity contribution in [3.63, 3.8) is 0 Å². The van der Waals surface area contributed by atoms with Crippen LogP contribution in [-0.4, -0.2) is 38.0 Å². The van der Waals surface area contributed by atoms with Crippen molar-refractivity contribution in [3.8, 4) is 0 Å². The molecule has 0 bridgehead atoms. The van der Waals surface area contributed by atoms with Crippen molar-refractivity contribution in [2.24, 2.45) is 4.99 Å². The van der Waals surface area contributed by atoms with Crippen LogP contribution in [-0.2, 0) is 0 Å². The number of nitrogens with one attached hydrogen (secondary N) is 3. The van der Waals surface area contributed by atoms with Crippen LogP contribution in [0.3, 0.4) is 0 Å². The third-order valence-corrected chi connectivity index (χ3v) is 4.42. The molecule has 0 saturated carbocycles. The summed E-state index contributed by atoms with van der Waals surface area (Å²) >= 11 is 1.71. The molecule has 1 atom stereocenters. The molecule has 134 valence electrons. The zero-order valence-corrected chi connectivity index (χ0v) is 15.6. The van der Waals surface area contributed by atoms with Crippen LogP contribution in [0.25, 0.3) is 0 Å². The van der Waals surface area contributed by atoms with E-state index in [9.17, 15) is 4.79 Å². The maximum Gasteiger partial charge on any atom is 0.251 e. The van der Waals surface area contributed by atoms with Gasteiger partial charge in [-0.2, -0.15) is 11.3 Å². The third kappa shape index (κ3) is 6.58.